The van der Waals surface area contributed by atoms with Crippen LogP contribution >= 0.6 is 12.2 Å². The molecule has 1 aromatic rings. The molecule has 110 valence electrons. The number of alkyl halides is 2. The predicted octanol–water partition coefficient (Wildman–Crippen LogP) is 2.44. The largest absolute Gasteiger partial charge is 0.435 e. The molecular weight excluding hydrogens is 286 g/mol. The van der Waals surface area contributed by atoms with Crippen LogP contribution in [0.2, 0.25) is 0 Å². The summed E-state index contributed by atoms with van der Waals surface area (Å²) in [4.78, 5) is 1.98. The molecule has 20 heavy (non-hydrogen) atoms. The number of anilines is 1. The maximum absolute atomic E-state index is 12.0. The molecule has 1 aliphatic rings. The van der Waals surface area contributed by atoms with Crippen molar-refractivity contribution in [3.05, 3.63) is 24.3 Å². The minimum atomic E-state index is -2.82. The topological polar surface area (TPSA) is 44.7 Å². The molecule has 0 aliphatic carbocycles. The van der Waals surface area contributed by atoms with Crippen LogP contribution in [0.15, 0.2) is 24.3 Å². The second kappa shape index (κ2) is 6.81. The number of nitrogens with zero attached hydrogens (tertiary/aromatic N) is 1. The molecule has 0 saturated carbocycles. The van der Waals surface area contributed by atoms with E-state index in [1.807, 2.05) is 4.90 Å². The van der Waals surface area contributed by atoms with Gasteiger partial charge in [0.1, 0.15) is 5.75 Å². The molecule has 1 saturated heterocycles. The highest BCUT2D eigenvalue weighted by molar-refractivity contribution is 7.80. The summed E-state index contributed by atoms with van der Waals surface area (Å²) in [6.45, 7) is -1.41. The maximum atomic E-state index is 12.0. The lowest BCUT2D eigenvalue weighted by atomic mass is 10.1. The summed E-state index contributed by atoms with van der Waals surface area (Å²) in [7, 11) is 0. The second-order valence-corrected chi connectivity index (χ2v) is 4.94. The smallest absolute Gasteiger partial charge is 0.387 e. The first-order valence-electron chi connectivity index (χ1n) is 6.33. The van der Waals surface area contributed by atoms with Crippen molar-refractivity contribution in [2.45, 2.75) is 25.6 Å². The van der Waals surface area contributed by atoms with Gasteiger partial charge in [-0.3, -0.25) is 0 Å². The Hall–Kier alpha value is -1.47. The molecule has 1 heterocycles. The minimum absolute atomic E-state index is 0.109. The number of nitrogens with one attached hydrogen (secondary N) is 1. The monoisotopic (exact) mass is 302 g/mol. The average Bonchev–Trinajstić information content (AvgIpc) is 2.41. The second-order valence-electron chi connectivity index (χ2n) is 4.55. The molecule has 0 aromatic heterocycles. The highest BCUT2D eigenvalue weighted by Gasteiger charge is 2.18. The van der Waals surface area contributed by atoms with Crippen molar-refractivity contribution in [1.29, 1.82) is 0 Å². The Labute approximate surface area is 121 Å². The zero-order valence-electron chi connectivity index (χ0n) is 10.8. The summed E-state index contributed by atoms with van der Waals surface area (Å²) in [5, 5.41) is 13.0. The van der Waals surface area contributed by atoms with Gasteiger partial charge >= 0.3 is 6.61 Å². The van der Waals surface area contributed by atoms with Crippen LogP contribution in [0.5, 0.6) is 5.75 Å². The fourth-order valence-electron chi connectivity index (χ4n) is 1.99. The number of ether oxygens (including phenoxy) is 1. The molecule has 2 N–H and O–H groups in total. The Kier molecular flexibility index (Phi) is 5.08. The van der Waals surface area contributed by atoms with Gasteiger partial charge in [-0.2, -0.15) is 8.78 Å². The van der Waals surface area contributed by atoms with Crippen LogP contribution in [0, 0.1) is 0 Å². The fraction of sp³-hybridized carbons (Fsp3) is 0.462. The van der Waals surface area contributed by atoms with E-state index in [-0.39, 0.29) is 11.9 Å². The number of rotatable bonds is 3. The van der Waals surface area contributed by atoms with Crippen LogP contribution in [-0.2, 0) is 0 Å². The first kappa shape index (κ1) is 14.9. The van der Waals surface area contributed by atoms with Gasteiger partial charge in [0, 0.05) is 18.8 Å². The molecule has 0 radical (unpaired) electrons. The molecule has 7 heteroatoms. The van der Waals surface area contributed by atoms with Crippen LogP contribution in [0.1, 0.15) is 12.8 Å². The van der Waals surface area contributed by atoms with Crippen LogP contribution in [-0.4, -0.2) is 40.9 Å². The first-order valence-corrected chi connectivity index (χ1v) is 6.74. The third-order valence-corrected chi connectivity index (χ3v) is 3.44. The molecule has 1 aromatic carbocycles. The molecule has 0 atom stereocenters. The maximum Gasteiger partial charge on any atom is 0.387 e. The van der Waals surface area contributed by atoms with Crippen LogP contribution < -0.4 is 10.1 Å². The van der Waals surface area contributed by atoms with Gasteiger partial charge in [0.15, 0.2) is 5.11 Å². The first-order chi connectivity index (χ1) is 9.54. The Bertz CT molecular complexity index is 448. The van der Waals surface area contributed by atoms with Crippen molar-refractivity contribution < 1.29 is 18.6 Å². The Morgan fingerprint density at radius 3 is 2.45 bits per heavy atom. The van der Waals surface area contributed by atoms with E-state index in [0.717, 1.165) is 0 Å². The summed E-state index contributed by atoms with van der Waals surface area (Å²) in [5.41, 5.74) is 0.711. The van der Waals surface area contributed by atoms with Gasteiger partial charge < -0.3 is 20.1 Å². The van der Waals surface area contributed by atoms with Gasteiger partial charge in [-0.05, 0) is 49.3 Å². The molecule has 1 aliphatic heterocycles. The van der Waals surface area contributed by atoms with E-state index < -0.39 is 6.61 Å². The van der Waals surface area contributed by atoms with Gasteiger partial charge in [0.25, 0.3) is 0 Å². The van der Waals surface area contributed by atoms with Gasteiger partial charge in [-0.25, -0.2) is 0 Å². The molecule has 0 amide bonds. The zero-order valence-corrected chi connectivity index (χ0v) is 11.6. The van der Waals surface area contributed by atoms with Crippen molar-refractivity contribution in [2.24, 2.45) is 0 Å². The highest BCUT2D eigenvalue weighted by Crippen LogP contribution is 2.19. The standard InChI is InChI=1S/C13H16F2N2O2S/c14-12(15)19-11-3-1-9(2-4-11)16-13(20)17-7-5-10(18)6-8-17/h1-4,10,12,18H,5-8H2,(H,16,20). The highest BCUT2D eigenvalue weighted by atomic mass is 32.1. The number of hydrogen-bond donors (Lipinski definition) is 2. The summed E-state index contributed by atoms with van der Waals surface area (Å²) >= 11 is 5.28. The minimum Gasteiger partial charge on any atom is -0.435 e. The number of thiocarbonyl (C=S) groups is 1. The van der Waals surface area contributed by atoms with Crippen LogP contribution in [0.3, 0.4) is 0 Å². The molecule has 0 bridgehead atoms. The van der Waals surface area contributed by atoms with Crippen molar-refractivity contribution in [3.63, 3.8) is 0 Å². The Balaban J connectivity index is 1.88. The number of likely N-dealkylation sites (tertiary alicyclic amines) is 1. The predicted molar refractivity (Wildman–Crippen MR) is 76.1 cm³/mol. The van der Waals surface area contributed by atoms with E-state index >= 15 is 0 Å². The third kappa shape index (κ3) is 4.28. The number of aliphatic hydroxyl groups excluding tert-OH is 1. The number of hydrogen-bond acceptors (Lipinski definition) is 3. The van der Waals surface area contributed by atoms with Gasteiger partial charge in [-0.1, -0.05) is 0 Å². The lowest BCUT2D eigenvalue weighted by Crippen LogP contribution is -2.42. The van der Waals surface area contributed by atoms with E-state index in [9.17, 15) is 13.9 Å². The average molecular weight is 302 g/mol. The van der Waals surface area contributed by atoms with Gasteiger partial charge in [0.2, 0.25) is 0 Å². The molecule has 1 fully saturated rings. The number of halogens is 2. The van der Waals surface area contributed by atoms with Crippen LogP contribution in [0.4, 0.5) is 14.5 Å². The SMILES string of the molecule is OC1CCN(C(=S)Nc2ccc(OC(F)F)cc2)CC1. The Morgan fingerprint density at radius 1 is 1.30 bits per heavy atom. The van der Waals surface area contributed by atoms with Crippen molar-refractivity contribution in [3.8, 4) is 5.75 Å². The van der Waals surface area contributed by atoms with Crippen molar-refractivity contribution in [1.82, 2.24) is 4.90 Å². The van der Waals surface area contributed by atoms with Crippen molar-refractivity contribution >= 4 is 23.0 Å². The third-order valence-electron chi connectivity index (χ3n) is 3.08. The summed E-state index contributed by atoms with van der Waals surface area (Å²) in [6, 6.07) is 6.17. The molecule has 4 nitrogen and oxygen atoms in total. The lowest BCUT2D eigenvalue weighted by molar-refractivity contribution is -0.0498. The Morgan fingerprint density at radius 2 is 1.90 bits per heavy atom. The number of benzene rings is 1. The summed E-state index contributed by atoms with van der Waals surface area (Å²) in [5.74, 6) is 0.109. The molecule has 0 unspecified atom stereocenters. The molecular formula is C13H16F2N2O2S. The quantitative estimate of drug-likeness (QED) is 0.840. The van der Waals surface area contributed by atoms with E-state index in [2.05, 4.69) is 10.1 Å². The fourth-order valence-corrected chi connectivity index (χ4v) is 2.29. The number of aliphatic hydroxyl groups is 1. The summed E-state index contributed by atoms with van der Waals surface area (Å²) < 4.78 is 28.3. The molecule has 2 rings (SSSR count). The van der Waals surface area contributed by atoms with Crippen LogP contribution in [0.25, 0.3) is 0 Å². The normalized spacial score (nSPS) is 16.3. The number of piperidine rings is 1. The van der Waals surface area contributed by atoms with Gasteiger partial charge in [-0.15, -0.1) is 0 Å². The zero-order chi connectivity index (χ0) is 14.5. The summed E-state index contributed by atoms with van der Waals surface area (Å²) in [6.07, 6.45) is 1.14. The van der Waals surface area contributed by atoms with Gasteiger partial charge in [0.05, 0.1) is 6.10 Å². The lowest BCUT2D eigenvalue weighted by Gasteiger charge is -2.31. The van der Waals surface area contributed by atoms with E-state index in [4.69, 9.17) is 12.2 Å². The van der Waals surface area contributed by atoms with E-state index in [0.29, 0.717) is 36.7 Å². The van der Waals surface area contributed by atoms with E-state index in [1.54, 1.807) is 12.1 Å². The van der Waals surface area contributed by atoms with E-state index in [1.165, 1.54) is 12.1 Å². The molecule has 0 spiro atoms. The van der Waals surface area contributed by atoms with Crippen molar-refractivity contribution in [2.75, 3.05) is 18.4 Å².